The second-order valence-electron chi connectivity index (χ2n) is 5.70. The van der Waals surface area contributed by atoms with E-state index >= 15 is 0 Å². The standard InChI is InChI=1S/C15H17FN2/c16-13-7-15(8-13)5-6-18-14(9-15)12-3-1-11(10-17)2-4-12/h1-4,13-14,18H,5-9H2/t13?,14-,15?/m0/s1. The van der Waals surface area contributed by atoms with Gasteiger partial charge in [0.2, 0.25) is 0 Å². The van der Waals surface area contributed by atoms with E-state index in [2.05, 4.69) is 11.4 Å². The molecule has 3 rings (SSSR count). The fourth-order valence-electron chi connectivity index (χ4n) is 3.40. The van der Waals surface area contributed by atoms with E-state index in [0.29, 0.717) is 11.6 Å². The quantitative estimate of drug-likeness (QED) is 0.824. The van der Waals surface area contributed by atoms with E-state index < -0.39 is 6.17 Å². The lowest BCUT2D eigenvalue weighted by Gasteiger charge is -2.49. The summed E-state index contributed by atoms with van der Waals surface area (Å²) >= 11 is 0. The highest BCUT2D eigenvalue weighted by Crippen LogP contribution is 2.52. The number of benzene rings is 1. The third kappa shape index (κ3) is 2.02. The number of rotatable bonds is 1. The SMILES string of the molecule is N#Cc1ccc([C@@H]2CC3(CCN2)CC(F)C3)cc1. The molecule has 1 heterocycles. The van der Waals surface area contributed by atoms with Crippen LogP contribution >= 0.6 is 0 Å². The van der Waals surface area contributed by atoms with Gasteiger partial charge in [0.1, 0.15) is 6.17 Å². The summed E-state index contributed by atoms with van der Waals surface area (Å²) in [6, 6.07) is 10.2. The maximum atomic E-state index is 13.1. The van der Waals surface area contributed by atoms with Gasteiger partial charge in [-0.15, -0.1) is 0 Å². The van der Waals surface area contributed by atoms with Crippen molar-refractivity contribution in [3.8, 4) is 6.07 Å². The molecule has 1 aromatic rings. The lowest BCUT2D eigenvalue weighted by Crippen LogP contribution is -2.47. The highest BCUT2D eigenvalue weighted by molar-refractivity contribution is 5.33. The smallest absolute Gasteiger partial charge is 0.101 e. The lowest BCUT2D eigenvalue weighted by atomic mass is 9.60. The maximum absolute atomic E-state index is 13.1. The van der Waals surface area contributed by atoms with Crippen molar-refractivity contribution in [3.63, 3.8) is 0 Å². The van der Waals surface area contributed by atoms with Crippen LogP contribution < -0.4 is 5.32 Å². The topological polar surface area (TPSA) is 35.8 Å². The van der Waals surface area contributed by atoms with Crippen molar-refractivity contribution in [2.75, 3.05) is 6.54 Å². The number of hydrogen-bond acceptors (Lipinski definition) is 2. The predicted molar refractivity (Wildman–Crippen MR) is 67.7 cm³/mol. The van der Waals surface area contributed by atoms with Crippen molar-refractivity contribution < 1.29 is 4.39 Å². The van der Waals surface area contributed by atoms with E-state index in [0.717, 1.165) is 32.2 Å². The maximum Gasteiger partial charge on any atom is 0.101 e. The van der Waals surface area contributed by atoms with Crippen LogP contribution in [0.15, 0.2) is 24.3 Å². The first-order valence-electron chi connectivity index (χ1n) is 6.58. The van der Waals surface area contributed by atoms with Crippen LogP contribution in [0.5, 0.6) is 0 Å². The minimum absolute atomic E-state index is 0.239. The molecule has 0 bridgehead atoms. The molecular formula is C15H17FN2. The molecule has 0 unspecified atom stereocenters. The Hall–Kier alpha value is -1.40. The van der Waals surface area contributed by atoms with E-state index in [1.165, 1.54) is 5.56 Å². The Morgan fingerprint density at radius 1 is 1.22 bits per heavy atom. The zero-order valence-electron chi connectivity index (χ0n) is 10.3. The number of nitriles is 1. The number of nitrogens with zero attached hydrogens (tertiary/aromatic N) is 1. The van der Waals surface area contributed by atoms with E-state index in [4.69, 9.17) is 5.26 Å². The summed E-state index contributed by atoms with van der Waals surface area (Å²) in [7, 11) is 0. The molecule has 0 aromatic heterocycles. The zero-order valence-corrected chi connectivity index (χ0v) is 10.3. The van der Waals surface area contributed by atoms with Gasteiger partial charge in [-0.3, -0.25) is 0 Å². The van der Waals surface area contributed by atoms with Gasteiger partial charge < -0.3 is 5.32 Å². The van der Waals surface area contributed by atoms with Crippen LogP contribution in [-0.4, -0.2) is 12.7 Å². The van der Waals surface area contributed by atoms with E-state index in [1.54, 1.807) is 0 Å². The Morgan fingerprint density at radius 3 is 2.56 bits per heavy atom. The minimum atomic E-state index is -0.579. The number of piperidine rings is 1. The van der Waals surface area contributed by atoms with Crippen LogP contribution in [0, 0.1) is 16.7 Å². The molecule has 0 radical (unpaired) electrons. The summed E-state index contributed by atoms with van der Waals surface area (Å²) in [5.74, 6) is 0. The first kappa shape index (κ1) is 11.7. The number of nitrogens with one attached hydrogen (secondary N) is 1. The molecule has 1 aromatic carbocycles. The van der Waals surface area contributed by atoms with Crippen molar-refractivity contribution >= 4 is 0 Å². The summed E-state index contributed by atoms with van der Waals surface area (Å²) in [5, 5.41) is 12.3. The summed E-state index contributed by atoms with van der Waals surface area (Å²) in [6.45, 7) is 0.970. The van der Waals surface area contributed by atoms with Crippen LogP contribution in [0.25, 0.3) is 0 Å². The monoisotopic (exact) mass is 244 g/mol. The molecule has 1 saturated carbocycles. The molecule has 1 aliphatic heterocycles. The average molecular weight is 244 g/mol. The lowest BCUT2D eigenvalue weighted by molar-refractivity contribution is -0.0139. The fourth-order valence-corrected chi connectivity index (χ4v) is 3.40. The molecule has 2 nitrogen and oxygen atoms in total. The van der Waals surface area contributed by atoms with Crippen LogP contribution in [0.1, 0.15) is 42.9 Å². The van der Waals surface area contributed by atoms with Crippen molar-refractivity contribution in [3.05, 3.63) is 35.4 Å². The second kappa shape index (κ2) is 4.37. The Kier molecular flexibility index (Phi) is 2.83. The molecule has 94 valence electrons. The summed E-state index contributed by atoms with van der Waals surface area (Å²) in [4.78, 5) is 0. The predicted octanol–water partition coefficient (Wildman–Crippen LogP) is 3.10. The van der Waals surface area contributed by atoms with Crippen LogP contribution in [0.4, 0.5) is 4.39 Å². The Balaban J connectivity index is 1.74. The molecule has 1 atom stereocenters. The third-order valence-electron chi connectivity index (χ3n) is 4.43. The number of hydrogen-bond donors (Lipinski definition) is 1. The van der Waals surface area contributed by atoms with Gasteiger partial charge in [0, 0.05) is 6.04 Å². The zero-order chi connectivity index (χ0) is 12.6. The number of halogens is 1. The van der Waals surface area contributed by atoms with Crippen molar-refractivity contribution in [1.82, 2.24) is 5.32 Å². The van der Waals surface area contributed by atoms with Gasteiger partial charge in [-0.25, -0.2) is 4.39 Å². The molecule has 3 heteroatoms. The molecule has 1 N–H and O–H groups in total. The van der Waals surface area contributed by atoms with Gasteiger partial charge in [0.05, 0.1) is 11.6 Å². The van der Waals surface area contributed by atoms with E-state index in [9.17, 15) is 4.39 Å². The van der Waals surface area contributed by atoms with Crippen LogP contribution in [0.2, 0.25) is 0 Å². The molecule has 18 heavy (non-hydrogen) atoms. The number of alkyl halides is 1. The molecule has 1 saturated heterocycles. The fraction of sp³-hybridized carbons (Fsp3) is 0.533. The molecule has 2 aliphatic rings. The Labute approximate surface area is 107 Å². The molecule has 0 amide bonds. The van der Waals surface area contributed by atoms with Crippen LogP contribution in [-0.2, 0) is 0 Å². The average Bonchev–Trinajstić information content (AvgIpc) is 2.38. The first-order chi connectivity index (χ1) is 8.71. The molecule has 1 aliphatic carbocycles. The van der Waals surface area contributed by atoms with Crippen molar-refractivity contribution in [1.29, 1.82) is 5.26 Å². The molecule has 2 fully saturated rings. The normalized spacial score (nSPS) is 34.9. The minimum Gasteiger partial charge on any atom is -0.310 e. The van der Waals surface area contributed by atoms with Gasteiger partial charge >= 0.3 is 0 Å². The summed E-state index contributed by atoms with van der Waals surface area (Å²) in [6.07, 6.45) is 3.02. The van der Waals surface area contributed by atoms with Gasteiger partial charge in [0.25, 0.3) is 0 Å². The van der Waals surface area contributed by atoms with Gasteiger partial charge in [0.15, 0.2) is 0 Å². The van der Waals surface area contributed by atoms with Crippen molar-refractivity contribution in [2.24, 2.45) is 5.41 Å². The summed E-state index contributed by atoms with van der Waals surface area (Å²) < 4.78 is 13.1. The largest absolute Gasteiger partial charge is 0.310 e. The molecular weight excluding hydrogens is 227 g/mol. The van der Waals surface area contributed by atoms with Crippen LogP contribution in [0.3, 0.4) is 0 Å². The van der Waals surface area contributed by atoms with E-state index in [1.807, 2.05) is 24.3 Å². The Bertz CT molecular complexity index is 463. The second-order valence-corrected chi connectivity index (χ2v) is 5.70. The van der Waals surface area contributed by atoms with E-state index in [-0.39, 0.29) is 5.41 Å². The van der Waals surface area contributed by atoms with Gasteiger partial charge in [-0.2, -0.15) is 5.26 Å². The highest BCUT2D eigenvalue weighted by Gasteiger charge is 2.47. The highest BCUT2D eigenvalue weighted by atomic mass is 19.1. The third-order valence-corrected chi connectivity index (χ3v) is 4.43. The van der Waals surface area contributed by atoms with Gasteiger partial charge in [-0.05, 0) is 55.3 Å². The molecule has 1 spiro atoms. The van der Waals surface area contributed by atoms with Crippen molar-refractivity contribution in [2.45, 2.75) is 37.9 Å². The first-order valence-corrected chi connectivity index (χ1v) is 6.58. The summed E-state index contributed by atoms with van der Waals surface area (Å²) in [5.41, 5.74) is 2.15. The van der Waals surface area contributed by atoms with Gasteiger partial charge in [-0.1, -0.05) is 12.1 Å². The Morgan fingerprint density at radius 2 is 1.94 bits per heavy atom.